The molecule has 0 saturated carbocycles. The van der Waals surface area contributed by atoms with Crippen molar-refractivity contribution in [3.05, 3.63) is 53.9 Å². The van der Waals surface area contributed by atoms with E-state index in [9.17, 15) is 13.2 Å². The van der Waals surface area contributed by atoms with Gasteiger partial charge in [0, 0.05) is 12.7 Å². The summed E-state index contributed by atoms with van der Waals surface area (Å²) in [4.78, 5) is 0. The minimum absolute atomic E-state index is 0. The van der Waals surface area contributed by atoms with Gasteiger partial charge in [-0.2, -0.15) is 18.3 Å². The Morgan fingerprint density at radius 3 is 2.48 bits per heavy atom. The van der Waals surface area contributed by atoms with Crippen LogP contribution in [0.25, 0.3) is 0 Å². The number of benzene rings is 1. The zero-order valence-corrected chi connectivity index (χ0v) is 12.1. The van der Waals surface area contributed by atoms with Gasteiger partial charge in [-0.1, -0.05) is 30.3 Å². The molecule has 0 aliphatic rings. The second-order valence-electron chi connectivity index (χ2n) is 4.53. The highest BCUT2D eigenvalue weighted by Crippen LogP contribution is 2.16. The van der Waals surface area contributed by atoms with Crippen LogP contribution >= 0.6 is 12.4 Å². The third kappa shape index (κ3) is 6.64. The summed E-state index contributed by atoms with van der Waals surface area (Å²) < 4.78 is 37.4. The van der Waals surface area contributed by atoms with Crippen LogP contribution in [0.4, 0.5) is 13.2 Å². The largest absolute Gasteiger partial charge is 0.408 e. The average Bonchev–Trinajstić information content (AvgIpc) is 2.81. The Hall–Kier alpha value is -1.53. The summed E-state index contributed by atoms with van der Waals surface area (Å²) >= 11 is 0. The Kier molecular flexibility index (Phi) is 6.71. The lowest BCUT2D eigenvalue weighted by Gasteiger charge is -2.06. The summed E-state index contributed by atoms with van der Waals surface area (Å²) in [5.41, 5.74) is 1.84. The van der Waals surface area contributed by atoms with Crippen LogP contribution < -0.4 is 5.32 Å². The molecule has 0 aliphatic heterocycles. The zero-order valence-electron chi connectivity index (χ0n) is 11.3. The maximum Gasteiger partial charge on any atom is 0.408 e. The van der Waals surface area contributed by atoms with Gasteiger partial charge in [-0.25, -0.2) is 0 Å². The number of nitrogens with one attached hydrogen (secondary N) is 1. The number of nitrogens with zero attached hydrogens (tertiary/aromatic N) is 2. The maximum atomic E-state index is 12.2. The number of aromatic nitrogens is 2. The predicted octanol–water partition coefficient (Wildman–Crippen LogP) is 3.20. The Balaban J connectivity index is 0.00000220. The molecule has 1 N–H and O–H groups in total. The van der Waals surface area contributed by atoms with E-state index in [1.54, 1.807) is 6.07 Å². The van der Waals surface area contributed by atoms with Gasteiger partial charge in [0.1, 0.15) is 6.54 Å². The van der Waals surface area contributed by atoms with Crippen molar-refractivity contribution in [2.24, 2.45) is 0 Å². The molecule has 0 unspecified atom stereocenters. The van der Waals surface area contributed by atoms with Crippen molar-refractivity contribution < 1.29 is 13.2 Å². The normalized spacial score (nSPS) is 11.2. The molecular weight excluding hydrogens is 303 g/mol. The minimum Gasteiger partial charge on any atom is -0.311 e. The van der Waals surface area contributed by atoms with Crippen molar-refractivity contribution in [1.29, 1.82) is 0 Å². The quantitative estimate of drug-likeness (QED) is 0.829. The van der Waals surface area contributed by atoms with Crippen molar-refractivity contribution in [3.63, 3.8) is 0 Å². The molecule has 0 fully saturated rings. The third-order valence-corrected chi connectivity index (χ3v) is 2.78. The van der Waals surface area contributed by atoms with Crippen LogP contribution in [-0.4, -0.2) is 22.5 Å². The van der Waals surface area contributed by atoms with Gasteiger partial charge in [0.2, 0.25) is 0 Å². The van der Waals surface area contributed by atoms with Crippen molar-refractivity contribution in [1.82, 2.24) is 15.1 Å². The van der Waals surface area contributed by atoms with Crippen LogP contribution in [0.15, 0.2) is 42.6 Å². The molecule has 2 aromatic rings. The summed E-state index contributed by atoms with van der Waals surface area (Å²) in [6.07, 6.45) is -2.00. The predicted molar refractivity (Wildman–Crippen MR) is 77.4 cm³/mol. The van der Waals surface area contributed by atoms with Gasteiger partial charge < -0.3 is 5.32 Å². The molecule has 0 amide bonds. The highest BCUT2D eigenvalue weighted by atomic mass is 35.5. The molecule has 21 heavy (non-hydrogen) atoms. The zero-order chi connectivity index (χ0) is 14.4. The van der Waals surface area contributed by atoms with Gasteiger partial charge in [-0.05, 0) is 24.6 Å². The second-order valence-corrected chi connectivity index (χ2v) is 4.53. The SMILES string of the molecule is Cl.FC(F)(F)Cn1ccc(CNCCc2ccccc2)n1. The number of rotatable bonds is 6. The maximum absolute atomic E-state index is 12.2. The van der Waals surface area contributed by atoms with E-state index < -0.39 is 12.7 Å². The molecule has 2 rings (SSSR count). The first-order valence-corrected chi connectivity index (χ1v) is 6.37. The van der Waals surface area contributed by atoms with Gasteiger partial charge >= 0.3 is 6.18 Å². The molecule has 1 heterocycles. The van der Waals surface area contributed by atoms with E-state index in [1.165, 1.54) is 11.8 Å². The summed E-state index contributed by atoms with van der Waals surface area (Å²) in [5, 5.41) is 7.04. The molecule has 1 aromatic carbocycles. The van der Waals surface area contributed by atoms with Crippen LogP contribution in [0.5, 0.6) is 0 Å². The molecular formula is C14H17ClF3N3. The number of hydrogen-bond acceptors (Lipinski definition) is 2. The summed E-state index contributed by atoms with van der Waals surface area (Å²) in [7, 11) is 0. The lowest BCUT2D eigenvalue weighted by molar-refractivity contribution is -0.142. The summed E-state index contributed by atoms with van der Waals surface area (Å²) in [6.45, 7) is 0.185. The summed E-state index contributed by atoms with van der Waals surface area (Å²) in [6, 6.07) is 11.6. The topological polar surface area (TPSA) is 29.9 Å². The van der Waals surface area contributed by atoms with Crippen LogP contribution in [0, 0.1) is 0 Å². The van der Waals surface area contributed by atoms with E-state index in [1.807, 2.05) is 30.3 Å². The minimum atomic E-state index is -4.23. The van der Waals surface area contributed by atoms with Gasteiger partial charge in [0.15, 0.2) is 0 Å². The van der Waals surface area contributed by atoms with Crippen LogP contribution in [0.1, 0.15) is 11.3 Å². The molecule has 0 spiro atoms. The number of halogens is 4. The smallest absolute Gasteiger partial charge is 0.311 e. The van der Waals surface area contributed by atoms with Crippen molar-refractivity contribution in [2.75, 3.05) is 6.54 Å². The van der Waals surface area contributed by atoms with Gasteiger partial charge in [-0.3, -0.25) is 4.68 Å². The number of alkyl halides is 3. The van der Waals surface area contributed by atoms with Crippen molar-refractivity contribution >= 4 is 12.4 Å². The number of hydrogen-bond donors (Lipinski definition) is 1. The van der Waals surface area contributed by atoms with Crippen molar-refractivity contribution in [3.8, 4) is 0 Å². The standard InChI is InChI=1S/C14H16F3N3.ClH/c15-14(16,17)11-20-9-7-13(19-20)10-18-8-6-12-4-2-1-3-5-12;/h1-5,7,9,18H,6,8,10-11H2;1H. The molecule has 0 atom stereocenters. The monoisotopic (exact) mass is 319 g/mol. The molecule has 0 saturated heterocycles. The molecule has 116 valence electrons. The molecule has 3 nitrogen and oxygen atoms in total. The lowest BCUT2D eigenvalue weighted by atomic mass is 10.1. The first-order chi connectivity index (χ1) is 9.53. The van der Waals surface area contributed by atoms with Crippen LogP contribution in [0.2, 0.25) is 0 Å². The molecule has 7 heteroatoms. The second kappa shape index (κ2) is 8.05. The van der Waals surface area contributed by atoms with E-state index in [2.05, 4.69) is 10.4 Å². The highest BCUT2D eigenvalue weighted by molar-refractivity contribution is 5.85. The fourth-order valence-corrected chi connectivity index (χ4v) is 1.86. The molecule has 0 radical (unpaired) electrons. The van der Waals surface area contributed by atoms with Crippen LogP contribution in [-0.2, 0) is 19.5 Å². The molecule has 0 bridgehead atoms. The van der Waals surface area contributed by atoms with Gasteiger partial charge in [-0.15, -0.1) is 12.4 Å². The first kappa shape index (κ1) is 17.5. The Morgan fingerprint density at radius 1 is 1.10 bits per heavy atom. The fraction of sp³-hybridized carbons (Fsp3) is 0.357. The highest BCUT2D eigenvalue weighted by Gasteiger charge is 2.28. The Labute approximate surface area is 127 Å². The lowest BCUT2D eigenvalue weighted by Crippen LogP contribution is -2.19. The fourth-order valence-electron chi connectivity index (χ4n) is 1.86. The van der Waals surface area contributed by atoms with Gasteiger partial charge in [0.25, 0.3) is 0 Å². The Morgan fingerprint density at radius 2 is 1.81 bits per heavy atom. The van der Waals surface area contributed by atoms with E-state index in [0.717, 1.165) is 17.6 Å². The van der Waals surface area contributed by atoms with E-state index in [-0.39, 0.29) is 12.4 Å². The van der Waals surface area contributed by atoms with E-state index in [0.29, 0.717) is 12.2 Å². The van der Waals surface area contributed by atoms with Crippen LogP contribution in [0.3, 0.4) is 0 Å². The van der Waals surface area contributed by atoms with E-state index in [4.69, 9.17) is 0 Å². The summed E-state index contributed by atoms with van der Waals surface area (Å²) in [5.74, 6) is 0. The average molecular weight is 320 g/mol. The van der Waals surface area contributed by atoms with Crippen molar-refractivity contribution in [2.45, 2.75) is 25.7 Å². The first-order valence-electron chi connectivity index (χ1n) is 6.37. The third-order valence-electron chi connectivity index (χ3n) is 2.78. The Bertz CT molecular complexity index is 526. The van der Waals surface area contributed by atoms with E-state index >= 15 is 0 Å². The molecule has 0 aliphatic carbocycles. The van der Waals surface area contributed by atoms with Gasteiger partial charge in [0.05, 0.1) is 5.69 Å². The molecule has 1 aromatic heterocycles.